The number of carbonyl (C=O) groups excluding carboxylic acids is 3. The van der Waals surface area contributed by atoms with E-state index in [0.717, 1.165) is 17.7 Å². The van der Waals surface area contributed by atoms with Gasteiger partial charge in [-0.15, -0.1) is 0 Å². The van der Waals surface area contributed by atoms with E-state index in [0.29, 0.717) is 19.0 Å². The number of nitrogens with one attached hydrogen (secondary N) is 2. The molecule has 1 aromatic rings. The molecule has 2 bridgehead atoms. The Morgan fingerprint density at radius 2 is 1.81 bits per heavy atom. The van der Waals surface area contributed by atoms with E-state index in [1.807, 2.05) is 64.1 Å². The van der Waals surface area contributed by atoms with Gasteiger partial charge in [0.25, 0.3) is 0 Å². The number of fused-ring (bicyclic) bond motifs is 1. The molecule has 0 radical (unpaired) electrons. The highest BCUT2D eigenvalue weighted by Crippen LogP contribution is 2.59. The van der Waals surface area contributed by atoms with Crippen LogP contribution in [0.4, 0.5) is 0 Å². The molecule has 3 aliphatic rings. The highest BCUT2D eigenvalue weighted by atomic mass is 16.5. The number of benzene rings is 1. The topological polar surface area (TPSA) is 97.0 Å². The molecule has 5 atom stereocenters. The van der Waals surface area contributed by atoms with Crippen LogP contribution in [0.15, 0.2) is 36.4 Å². The molecular formula is C28H39N3O5. The van der Waals surface area contributed by atoms with E-state index in [1.54, 1.807) is 12.0 Å². The molecule has 8 nitrogen and oxygen atoms in total. The van der Waals surface area contributed by atoms with Crippen LogP contribution >= 0.6 is 0 Å². The van der Waals surface area contributed by atoms with Crippen LogP contribution in [0.3, 0.4) is 0 Å². The van der Waals surface area contributed by atoms with Gasteiger partial charge in [0.15, 0.2) is 0 Å². The highest BCUT2D eigenvalue weighted by molar-refractivity contribution is 6.00. The Morgan fingerprint density at radius 1 is 1.14 bits per heavy atom. The van der Waals surface area contributed by atoms with Crippen molar-refractivity contribution in [2.45, 2.75) is 77.3 Å². The molecule has 3 amide bonds. The van der Waals surface area contributed by atoms with Crippen LogP contribution in [0.5, 0.6) is 5.75 Å². The van der Waals surface area contributed by atoms with Gasteiger partial charge >= 0.3 is 0 Å². The zero-order chi connectivity index (χ0) is 26.5. The van der Waals surface area contributed by atoms with Gasteiger partial charge in [0.05, 0.1) is 24.5 Å². The zero-order valence-corrected chi connectivity index (χ0v) is 22.4. The van der Waals surface area contributed by atoms with Crippen molar-refractivity contribution in [3.05, 3.63) is 42.0 Å². The summed E-state index contributed by atoms with van der Waals surface area (Å²) in [5.74, 6) is -1.09. The van der Waals surface area contributed by atoms with E-state index < -0.39 is 34.6 Å². The number of hydrogen-bond acceptors (Lipinski definition) is 5. The standard InChI is InChI=1S/C28H39N3O5/c1-17(2)12-15-31-22(24(33)30-26(3,4)5)28-14-13-27(6,36-28)20(21(28)25(31)34)23(32)29-16-18-8-10-19(35-7)11-9-18/h8-11,13-14,17,20-22H,12,15-16H2,1-7H3,(H,29,32)(H,30,33)/t20-,21+,22+,27+,28-/m0/s1. The summed E-state index contributed by atoms with van der Waals surface area (Å²) in [5, 5.41) is 6.05. The van der Waals surface area contributed by atoms with Crippen molar-refractivity contribution < 1.29 is 23.9 Å². The third-order valence-corrected chi connectivity index (χ3v) is 7.40. The summed E-state index contributed by atoms with van der Waals surface area (Å²) < 4.78 is 11.7. The third-order valence-electron chi connectivity index (χ3n) is 7.40. The van der Waals surface area contributed by atoms with E-state index in [4.69, 9.17) is 9.47 Å². The fourth-order valence-corrected chi connectivity index (χ4v) is 5.75. The van der Waals surface area contributed by atoms with Crippen LogP contribution in [0.25, 0.3) is 0 Å². The molecular weight excluding hydrogens is 458 g/mol. The average molecular weight is 498 g/mol. The lowest BCUT2D eigenvalue weighted by atomic mass is 9.70. The van der Waals surface area contributed by atoms with Crippen LogP contribution < -0.4 is 15.4 Å². The smallest absolute Gasteiger partial charge is 0.246 e. The summed E-state index contributed by atoms with van der Waals surface area (Å²) in [6.45, 7) is 12.5. The van der Waals surface area contributed by atoms with Crippen molar-refractivity contribution in [1.29, 1.82) is 0 Å². The second-order valence-electron chi connectivity index (χ2n) is 11.8. The second kappa shape index (κ2) is 9.21. The zero-order valence-electron chi connectivity index (χ0n) is 22.4. The van der Waals surface area contributed by atoms with Gasteiger partial charge in [0, 0.05) is 18.6 Å². The van der Waals surface area contributed by atoms with Crippen LogP contribution in [0, 0.1) is 17.8 Å². The Hall–Kier alpha value is -2.87. The first-order valence-corrected chi connectivity index (χ1v) is 12.7. The first kappa shape index (κ1) is 26.2. The number of methoxy groups -OCH3 is 1. The molecule has 2 fully saturated rings. The molecule has 3 heterocycles. The van der Waals surface area contributed by atoms with Crippen molar-refractivity contribution in [3.8, 4) is 5.75 Å². The Kier molecular flexibility index (Phi) is 6.71. The monoisotopic (exact) mass is 497 g/mol. The Labute approximate surface area is 213 Å². The largest absolute Gasteiger partial charge is 0.497 e. The quantitative estimate of drug-likeness (QED) is 0.539. The lowest BCUT2D eigenvalue weighted by molar-refractivity contribution is -0.145. The molecule has 1 aromatic carbocycles. The summed E-state index contributed by atoms with van der Waals surface area (Å²) in [5.41, 5.74) is -1.69. The maximum absolute atomic E-state index is 13.9. The van der Waals surface area contributed by atoms with Crippen LogP contribution in [0.2, 0.25) is 0 Å². The predicted molar refractivity (Wildman–Crippen MR) is 136 cm³/mol. The third kappa shape index (κ3) is 4.51. The molecule has 0 saturated carbocycles. The molecule has 2 N–H and O–H groups in total. The molecule has 4 rings (SSSR count). The van der Waals surface area contributed by atoms with Crippen molar-refractivity contribution >= 4 is 17.7 Å². The van der Waals surface area contributed by atoms with Crippen LogP contribution in [-0.4, -0.2) is 59.1 Å². The van der Waals surface area contributed by atoms with Crippen molar-refractivity contribution in [3.63, 3.8) is 0 Å². The Morgan fingerprint density at radius 3 is 2.39 bits per heavy atom. The number of nitrogens with zero attached hydrogens (tertiary/aromatic N) is 1. The molecule has 8 heteroatoms. The minimum Gasteiger partial charge on any atom is -0.497 e. The molecule has 0 unspecified atom stereocenters. The van der Waals surface area contributed by atoms with Gasteiger partial charge in [-0.25, -0.2) is 0 Å². The number of hydrogen-bond donors (Lipinski definition) is 2. The van der Waals surface area contributed by atoms with Gasteiger partial charge in [-0.05, 0) is 57.7 Å². The van der Waals surface area contributed by atoms with Gasteiger partial charge in [0.2, 0.25) is 17.7 Å². The van der Waals surface area contributed by atoms with Crippen LogP contribution in [-0.2, 0) is 25.7 Å². The summed E-state index contributed by atoms with van der Waals surface area (Å²) >= 11 is 0. The second-order valence-corrected chi connectivity index (χ2v) is 11.8. The number of amides is 3. The fraction of sp³-hybridized carbons (Fsp3) is 0.607. The number of likely N-dealkylation sites (tertiary alicyclic amines) is 1. The first-order chi connectivity index (χ1) is 16.8. The summed E-state index contributed by atoms with van der Waals surface area (Å²) in [4.78, 5) is 42.7. The predicted octanol–water partition coefficient (Wildman–Crippen LogP) is 2.81. The molecule has 1 spiro atoms. The number of rotatable bonds is 8. The van der Waals surface area contributed by atoms with Crippen molar-refractivity contribution in [2.75, 3.05) is 13.7 Å². The first-order valence-electron chi connectivity index (χ1n) is 12.7. The summed E-state index contributed by atoms with van der Waals surface area (Å²) in [7, 11) is 1.61. The van der Waals surface area contributed by atoms with Gasteiger partial charge < -0.3 is 25.0 Å². The van der Waals surface area contributed by atoms with E-state index in [9.17, 15) is 14.4 Å². The van der Waals surface area contributed by atoms with Crippen molar-refractivity contribution in [2.24, 2.45) is 17.8 Å². The summed E-state index contributed by atoms with van der Waals surface area (Å²) in [6, 6.07) is 6.63. The molecule has 196 valence electrons. The average Bonchev–Trinajstić information content (AvgIpc) is 3.35. The minimum atomic E-state index is -1.17. The Bertz CT molecular complexity index is 1060. The summed E-state index contributed by atoms with van der Waals surface area (Å²) in [6.07, 6.45) is 4.46. The van der Waals surface area contributed by atoms with Gasteiger partial charge in [-0.2, -0.15) is 0 Å². The maximum Gasteiger partial charge on any atom is 0.246 e. The number of ether oxygens (including phenoxy) is 2. The fourth-order valence-electron chi connectivity index (χ4n) is 5.75. The lowest BCUT2D eigenvalue weighted by Gasteiger charge is -2.35. The SMILES string of the molecule is COc1ccc(CNC(=O)[C@@H]2[C@@H]3C(=O)N(CCC(C)C)[C@H](C(=O)NC(C)(C)C)[C@]34C=C[C@@]2(C)O4)cc1. The van der Waals surface area contributed by atoms with Gasteiger partial charge in [0.1, 0.15) is 17.4 Å². The van der Waals surface area contributed by atoms with Gasteiger partial charge in [-0.1, -0.05) is 38.1 Å². The molecule has 0 aliphatic carbocycles. The van der Waals surface area contributed by atoms with E-state index in [2.05, 4.69) is 24.5 Å². The molecule has 3 aliphatic heterocycles. The van der Waals surface area contributed by atoms with Crippen molar-refractivity contribution in [1.82, 2.24) is 15.5 Å². The molecule has 0 aromatic heterocycles. The number of carbonyl (C=O) groups is 3. The lowest BCUT2D eigenvalue weighted by Crippen LogP contribution is -2.58. The Balaban J connectivity index is 1.62. The normalized spacial score (nSPS) is 30.6. The highest BCUT2D eigenvalue weighted by Gasteiger charge is 2.76. The van der Waals surface area contributed by atoms with E-state index in [-0.39, 0.29) is 17.7 Å². The van der Waals surface area contributed by atoms with E-state index >= 15 is 0 Å². The maximum atomic E-state index is 13.9. The minimum absolute atomic E-state index is 0.192. The van der Waals surface area contributed by atoms with Gasteiger partial charge in [-0.3, -0.25) is 14.4 Å². The van der Waals surface area contributed by atoms with E-state index in [1.165, 1.54) is 0 Å². The molecule has 36 heavy (non-hydrogen) atoms. The van der Waals surface area contributed by atoms with Crippen LogP contribution in [0.1, 0.15) is 53.5 Å². The molecule has 2 saturated heterocycles.